The van der Waals surface area contributed by atoms with Crippen molar-refractivity contribution in [3.05, 3.63) is 36.0 Å². The first-order valence-corrected chi connectivity index (χ1v) is 16.3. The van der Waals surface area contributed by atoms with Crippen LogP contribution < -0.4 is 48.7 Å². The molecule has 0 saturated carbocycles. The van der Waals surface area contributed by atoms with Gasteiger partial charge in [0.2, 0.25) is 29.5 Å². The number of H-pyrrole nitrogens is 1. The average molecular weight is 760 g/mol. The largest absolute Gasteiger partial charge is 0.481 e. The van der Waals surface area contributed by atoms with Crippen molar-refractivity contribution in [2.45, 2.75) is 62.3 Å². The number of urea groups is 1. The lowest BCUT2D eigenvalue weighted by Gasteiger charge is -2.23. The summed E-state index contributed by atoms with van der Waals surface area (Å²) in [5.74, 6) is -9.03. The standard InChI is InChI=1S/C31H41N11O12/c32-30(33)34-7-3-6-17(39-28(51)21(13-43)38-22(44)9-18-27(50)42-31(54)41-18)25(48)36-12-23(45)37-19(10-24(46)47)26(49)40-20(29(52)53)8-14-11-35-16-5-2-1-4-15(14)16/h1-2,4-5,11,17-21,35,43H,3,6-10,12-13H2,(H,36,48)(H,37,45)(H,38,44)(H,39,51)(H,40,49)(H,46,47)(H,52,53)(H4,32,33,34)(H2,41,42,50,54)/t17-,18?,19-,20-,21-/m0/s1. The van der Waals surface area contributed by atoms with Crippen molar-refractivity contribution >= 4 is 70.3 Å². The maximum absolute atomic E-state index is 13.1. The van der Waals surface area contributed by atoms with Gasteiger partial charge in [-0.05, 0) is 24.5 Å². The number of aliphatic hydroxyl groups is 1. The Morgan fingerprint density at radius 1 is 0.852 bits per heavy atom. The van der Waals surface area contributed by atoms with Crippen LogP contribution in [-0.2, 0) is 44.8 Å². The van der Waals surface area contributed by atoms with Gasteiger partial charge in [0.1, 0.15) is 30.2 Å². The number of nitrogens with zero attached hydrogens (tertiary/aromatic N) is 1. The van der Waals surface area contributed by atoms with Crippen molar-refractivity contribution in [3.63, 3.8) is 0 Å². The average Bonchev–Trinajstić information content (AvgIpc) is 3.66. The van der Waals surface area contributed by atoms with Crippen molar-refractivity contribution in [1.29, 1.82) is 0 Å². The molecule has 1 aliphatic rings. The van der Waals surface area contributed by atoms with Gasteiger partial charge in [0.15, 0.2) is 5.96 Å². The summed E-state index contributed by atoms with van der Waals surface area (Å²) < 4.78 is 0. The molecule has 5 atom stereocenters. The minimum Gasteiger partial charge on any atom is -0.481 e. The predicted octanol–water partition coefficient (Wildman–Crippen LogP) is -5.03. The van der Waals surface area contributed by atoms with E-state index in [1.807, 2.05) is 5.32 Å². The summed E-state index contributed by atoms with van der Waals surface area (Å²) in [5.41, 5.74) is 11.9. The zero-order chi connectivity index (χ0) is 39.9. The lowest BCUT2D eigenvalue weighted by Crippen LogP contribution is -2.57. The molecular weight excluding hydrogens is 718 g/mol. The molecule has 2 heterocycles. The molecule has 8 amide bonds. The molecule has 1 unspecified atom stereocenters. The third-order valence-electron chi connectivity index (χ3n) is 7.83. The van der Waals surface area contributed by atoms with E-state index in [1.165, 1.54) is 0 Å². The van der Waals surface area contributed by atoms with Gasteiger partial charge in [-0.1, -0.05) is 18.2 Å². The van der Waals surface area contributed by atoms with E-state index in [0.29, 0.717) is 10.9 Å². The minimum absolute atomic E-state index is 0.0153. The lowest BCUT2D eigenvalue weighted by molar-refractivity contribution is -0.143. The van der Waals surface area contributed by atoms with E-state index >= 15 is 0 Å². The monoisotopic (exact) mass is 759 g/mol. The van der Waals surface area contributed by atoms with Crippen LogP contribution in [0.15, 0.2) is 35.5 Å². The van der Waals surface area contributed by atoms with Gasteiger partial charge in [-0.15, -0.1) is 0 Å². The van der Waals surface area contributed by atoms with Gasteiger partial charge in [0.05, 0.1) is 26.0 Å². The Kier molecular flexibility index (Phi) is 15.2. The summed E-state index contributed by atoms with van der Waals surface area (Å²) >= 11 is 0. The molecule has 23 nitrogen and oxygen atoms in total. The summed E-state index contributed by atoms with van der Waals surface area (Å²) in [6.45, 7) is -1.76. The number of nitrogens with two attached hydrogens (primary N) is 2. The van der Waals surface area contributed by atoms with Crippen LogP contribution >= 0.6 is 0 Å². The van der Waals surface area contributed by atoms with E-state index in [4.69, 9.17) is 11.5 Å². The van der Waals surface area contributed by atoms with Gasteiger partial charge in [0, 0.05) is 30.1 Å². The van der Waals surface area contributed by atoms with Crippen LogP contribution in [0.5, 0.6) is 0 Å². The number of aliphatic carboxylic acids is 2. The number of fused-ring (bicyclic) bond motifs is 1. The van der Waals surface area contributed by atoms with E-state index in [0.717, 1.165) is 5.52 Å². The number of carbonyl (C=O) groups excluding carboxylic acids is 7. The first-order chi connectivity index (χ1) is 25.6. The molecule has 3 rings (SSSR count). The fourth-order valence-corrected chi connectivity index (χ4v) is 5.19. The second-order valence-corrected chi connectivity index (χ2v) is 11.9. The van der Waals surface area contributed by atoms with Gasteiger partial charge in [-0.25, -0.2) is 9.59 Å². The van der Waals surface area contributed by atoms with Crippen molar-refractivity contribution in [2.75, 3.05) is 19.7 Å². The molecule has 0 aliphatic carbocycles. The molecule has 1 aliphatic heterocycles. The fourth-order valence-electron chi connectivity index (χ4n) is 5.19. The Morgan fingerprint density at radius 2 is 1.52 bits per heavy atom. The van der Waals surface area contributed by atoms with Crippen LogP contribution in [0, 0.1) is 0 Å². The highest BCUT2D eigenvalue weighted by Crippen LogP contribution is 2.19. The second kappa shape index (κ2) is 19.7. The van der Waals surface area contributed by atoms with Gasteiger partial charge in [-0.3, -0.25) is 43.9 Å². The van der Waals surface area contributed by atoms with E-state index < -0.39 is 110 Å². The molecule has 0 spiro atoms. The maximum Gasteiger partial charge on any atom is 0.326 e. The third-order valence-corrected chi connectivity index (χ3v) is 7.83. The molecule has 1 aromatic heterocycles. The first-order valence-electron chi connectivity index (χ1n) is 16.3. The Labute approximate surface area is 305 Å². The second-order valence-electron chi connectivity index (χ2n) is 11.9. The summed E-state index contributed by atoms with van der Waals surface area (Å²) in [6.07, 6.45) is -0.140. The molecule has 0 bridgehead atoms. The number of nitrogens with one attached hydrogen (secondary N) is 8. The number of para-hydroxylation sites is 1. The van der Waals surface area contributed by atoms with E-state index in [-0.39, 0.29) is 31.8 Å². The Hall–Kier alpha value is -6.78. The highest BCUT2D eigenvalue weighted by Gasteiger charge is 2.34. The Bertz CT molecular complexity index is 1790. The number of aliphatic hydroxyl groups excluding tert-OH is 1. The van der Waals surface area contributed by atoms with Gasteiger partial charge in [-0.2, -0.15) is 0 Å². The molecule has 292 valence electrons. The number of guanidine groups is 1. The van der Waals surface area contributed by atoms with Crippen molar-refractivity contribution in [3.8, 4) is 0 Å². The highest BCUT2D eigenvalue weighted by molar-refractivity contribution is 6.06. The number of hydrogen-bond acceptors (Lipinski definition) is 11. The number of aliphatic imine (C=N–C) groups is 1. The molecular formula is C31H41N11O12. The van der Waals surface area contributed by atoms with Crippen LogP contribution in [-0.4, -0.2) is 130 Å². The molecule has 1 aromatic carbocycles. The Morgan fingerprint density at radius 3 is 2.15 bits per heavy atom. The van der Waals surface area contributed by atoms with Crippen LogP contribution in [0.2, 0.25) is 0 Å². The Balaban J connectivity index is 1.63. The first kappa shape index (κ1) is 41.6. The third kappa shape index (κ3) is 12.8. The van der Waals surface area contributed by atoms with Crippen LogP contribution in [0.4, 0.5) is 4.79 Å². The molecule has 1 saturated heterocycles. The number of carboxylic acid groups (broad SMARTS) is 2. The highest BCUT2D eigenvalue weighted by atomic mass is 16.4. The van der Waals surface area contributed by atoms with Crippen molar-refractivity contribution < 1.29 is 58.5 Å². The summed E-state index contributed by atoms with van der Waals surface area (Å²) in [6, 6.07) is -1.31. The molecule has 54 heavy (non-hydrogen) atoms. The number of carbonyl (C=O) groups is 9. The summed E-state index contributed by atoms with van der Waals surface area (Å²) in [5, 5.41) is 44.9. The van der Waals surface area contributed by atoms with Crippen LogP contribution in [0.1, 0.15) is 31.2 Å². The topological polar surface area (TPSA) is 379 Å². The molecule has 2 aromatic rings. The smallest absolute Gasteiger partial charge is 0.326 e. The maximum atomic E-state index is 13.1. The zero-order valence-corrected chi connectivity index (χ0v) is 28.5. The molecule has 1 fully saturated rings. The van der Waals surface area contributed by atoms with Crippen LogP contribution in [0.3, 0.4) is 0 Å². The number of rotatable bonds is 21. The number of aromatic nitrogens is 1. The number of aromatic amines is 1. The molecule has 0 radical (unpaired) electrons. The number of benzene rings is 1. The quantitative estimate of drug-likeness (QED) is 0.0245. The summed E-state index contributed by atoms with van der Waals surface area (Å²) in [4.78, 5) is 118. The van der Waals surface area contributed by atoms with Crippen molar-refractivity contribution in [2.24, 2.45) is 16.5 Å². The van der Waals surface area contributed by atoms with Gasteiger partial charge in [0.25, 0.3) is 5.91 Å². The van der Waals surface area contributed by atoms with E-state index in [2.05, 4.69) is 41.9 Å². The number of imide groups is 1. The van der Waals surface area contributed by atoms with Gasteiger partial charge < -0.3 is 63.7 Å². The van der Waals surface area contributed by atoms with Gasteiger partial charge >= 0.3 is 18.0 Å². The number of amides is 8. The molecule has 15 N–H and O–H groups in total. The van der Waals surface area contributed by atoms with E-state index in [1.54, 1.807) is 30.5 Å². The number of hydrogen-bond donors (Lipinski definition) is 13. The van der Waals surface area contributed by atoms with Crippen molar-refractivity contribution in [1.82, 2.24) is 42.2 Å². The fraction of sp³-hybridized carbons (Fsp3) is 0.419. The lowest BCUT2D eigenvalue weighted by atomic mass is 10.0. The minimum atomic E-state index is -1.76. The number of carboxylic acids is 2. The SMILES string of the molecule is NC(N)=NCCC[C@H](NC(=O)[C@H](CO)NC(=O)CC1NC(=O)NC1=O)C(=O)NCC(=O)N[C@@H](CC(=O)O)C(=O)N[C@@H](Cc1c[nH]c2ccccc12)C(=O)O. The summed E-state index contributed by atoms with van der Waals surface area (Å²) in [7, 11) is 0. The normalized spacial score (nSPS) is 15.7. The predicted molar refractivity (Wildman–Crippen MR) is 185 cm³/mol. The molecule has 23 heteroatoms. The van der Waals surface area contributed by atoms with E-state index in [9.17, 15) is 58.5 Å². The zero-order valence-electron chi connectivity index (χ0n) is 28.5. The van der Waals surface area contributed by atoms with Crippen LogP contribution in [0.25, 0.3) is 10.9 Å².